The van der Waals surface area contributed by atoms with Gasteiger partial charge in [0, 0.05) is 32.7 Å². The first-order chi connectivity index (χ1) is 13.1. The maximum Gasteiger partial charge on any atom is 0.308 e. The molecule has 0 bridgehead atoms. The Morgan fingerprint density at radius 3 is 2.25 bits per heavy atom. The van der Waals surface area contributed by atoms with Gasteiger partial charge in [0.15, 0.2) is 5.75 Å². The van der Waals surface area contributed by atoms with Gasteiger partial charge in [-0.2, -0.15) is 0 Å². The van der Waals surface area contributed by atoms with Gasteiger partial charge in [-0.05, 0) is 23.1 Å². The maximum absolute atomic E-state index is 11.7. The minimum absolute atomic E-state index is 0.121. The molecule has 0 atom stereocenters. The zero-order valence-corrected chi connectivity index (χ0v) is 16.9. The second kappa shape index (κ2) is 7.07. The van der Waals surface area contributed by atoms with E-state index in [1.165, 1.54) is 20.2 Å². The standard InChI is InChI=1S/C21H23N3O4/c1-12(25)27-16-9-14(21(3,4)5)7-8-15(16)19-18-17(28-13(2)26)10-24(6)20(18)23-11-22-19/h7-11H,1-6H3. The van der Waals surface area contributed by atoms with Crippen molar-refractivity contribution in [2.45, 2.75) is 40.0 Å². The zero-order valence-electron chi connectivity index (χ0n) is 16.9. The van der Waals surface area contributed by atoms with Gasteiger partial charge >= 0.3 is 11.9 Å². The molecule has 2 aromatic heterocycles. The first-order valence-electron chi connectivity index (χ1n) is 8.89. The van der Waals surface area contributed by atoms with Crippen molar-refractivity contribution in [2.24, 2.45) is 7.05 Å². The Hall–Kier alpha value is -3.22. The smallest absolute Gasteiger partial charge is 0.308 e. The summed E-state index contributed by atoms with van der Waals surface area (Å²) in [6, 6.07) is 5.69. The van der Waals surface area contributed by atoms with Gasteiger partial charge < -0.3 is 14.0 Å². The van der Waals surface area contributed by atoms with E-state index in [2.05, 4.69) is 30.7 Å². The Balaban J connectivity index is 2.29. The number of esters is 2. The van der Waals surface area contributed by atoms with Crippen LogP contribution < -0.4 is 9.47 Å². The van der Waals surface area contributed by atoms with Gasteiger partial charge in [-0.25, -0.2) is 9.97 Å². The molecule has 1 aromatic carbocycles. The molecule has 0 saturated heterocycles. The van der Waals surface area contributed by atoms with Crippen molar-refractivity contribution in [1.82, 2.24) is 14.5 Å². The lowest BCUT2D eigenvalue weighted by Crippen LogP contribution is -2.12. The number of aryl methyl sites for hydroxylation is 1. The molecule has 0 unspecified atom stereocenters. The molecule has 0 aliphatic carbocycles. The molecule has 0 aliphatic heterocycles. The van der Waals surface area contributed by atoms with E-state index in [4.69, 9.17) is 9.47 Å². The molecular weight excluding hydrogens is 358 g/mol. The van der Waals surface area contributed by atoms with Gasteiger partial charge in [-0.15, -0.1) is 0 Å². The molecular formula is C21H23N3O4. The van der Waals surface area contributed by atoms with Crippen LogP contribution in [-0.4, -0.2) is 26.5 Å². The number of rotatable bonds is 3. The lowest BCUT2D eigenvalue weighted by atomic mass is 9.86. The number of carbonyl (C=O) groups excluding carboxylic acids is 2. The van der Waals surface area contributed by atoms with Crippen LogP contribution in [0.1, 0.15) is 40.2 Å². The summed E-state index contributed by atoms with van der Waals surface area (Å²) in [4.78, 5) is 32.0. The Morgan fingerprint density at radius 2 is 1.64 bits per heavy atom. The summed E-state index contributed by atoms with van der Waals surface area (Å²) >= 11 is 0. The first kappa shape index (κ1) is 19.5. The van der Waals surface area contributed by atoms with Crippen LogP contribution in [0.25, 0.3) is 22.3 Å². The highest BCUT2D eigenvalue weighted by Crippen LogP contribution is 2.40. The molecule has 7 heteroatoms. The monoisotopic (exact) mass is 381 g/mol. The molecule has 2 heterocycles. The van der Waals surface area contributed by atoms with Crippen LogP contribution in [0.4, 0.5) is 0 Å². The summed E-state index contributed by atoms with van der Waals surface area (Å²) in [5.74, 6) is -0.108. The van der Waals surface area contributed by atoms with E-state index in [-0.39, 0.29) is 5.41 Å². The summed E-state index contributed by atoms with van der Waals surface area (Å²) in [6.45, 7) is 8.94. The van der Waals surface area contributed by atoms with E-state index in [9.17, 15) is 9.59 Å². The maximum atomic E-state index is 11.7. The SMILES string of the molecule is CC(=O)Oc1cc(C(C)(C)C)ccc1-c1ncnc2c1c(OC(C)=O)cn2C. The van der Waals surface area contributed by atoms with E-state index < -0.39 is 11.9 Å². The quantitative estimate of drug-likeness (QED) is 0.507. The number of fused-ring (bicyclic) bond motifs is 1. The highest BCUT2D eigenvalue weighted by Gasteiger charge is 2.22. The van der Waals surface area contributed by atoms with E-state index >= 15 is 0 Å². The molecule has 0 N–H and O–H groups in total. The van der Waals surface area contributed by atoms with Crippen LogP contribution in [0, 0.1) is 0 Å². The zero-order chi connectivity index (χ0) is 20.6. The van der Waals surface area contributed by atoms with Crippen molar-refractivity contribution in [3.05, 3.63) is 36.3 Å². The number of carbonyl (C=O) groups is 2. The molecule has 0 saturated carbocycles. The second-order valence-electron chi connectivity index (χ2n) is 7.67. The molecule has 28 heavy (non-hydrogen) atoms. The minimum Gasteiger partial charge on any atom is -0.426 e. The Labute approximate surface area is 163 Å². The van der Waals surface area contributed by atoms with Crippen LogP contribution >= 0.6 is 0 Å². The van der Waals surface area contributed by atoms with Crippen molar-refractivity contribution in [3.8, 4) is 22.8 Å². The number of aromatic nitrogens is 3. The van der Waals surface area contributed by atoms with Gasteiger partial charge in [-0.1, -0.05) is 26.8 Å². The third-order valence-electron chi connectivity index (χ3n) is 4.33. The fraction of sp³-hybridized carbons (Fsp3) is 0.333. The van der Waals surface area contributed by atoms with Crippen LogP contribution in [0.2, 0.25) is 0 Å². The van der Waals surface area contributed by atoms with E-state index in [1.54, 1.807) is 10.8 Å². The van der Waals surface area contributed by atoms with Crippen molar-refractivity contribution >= 4 is 23.0 Å². The van der Waals surface area contributed by atoms with Gasteiger partial charge in [-0.3, -0.25) is 9.59 Å². The van der Waals surface area contributed by atoms with Gasteiger partial charge in [0.25, 0.3) is 0 Å². The fourth-order valence-corrected chi connectivity index (χ4v) is 3.03. The van der Waals surface area contributed by atoms with Crippen molar-refractivity contribution in [2.75, 3.05) is 0 Å². The average molecular weight is 381 g/mol. The summed E-state index contributed by atoms with van der Waals surface area (Å²) < 4.78 is 12.6. The van der Waals surface area contributed by atoms with Crippen LogP contribution in [-0.2, 0) is 22.1 Å². The average Bonchev–Trinajstić information content (AvgIpc) is 2.89. The normalized spacial score (nSPS) is 11.5. The summed E-state index contributed by atoms with van der Waals surface area (Å²) in [5, 5.41) is 0.581. The Kier molecular flexibility index (Phi) is 4.93. The Bertz CT molecular complexity index is 1080. The molecule has 0 radical (unpaired) electrons. The Morgan fingerprint density at radius 1 is 1.00 bits per heavy atom. The number of hydrogen-bond acceptors (Lipinski definition) is 6. The van der Waals surface area contributed by atoms with Gasteiger partial charge in [0.1, 0.15) is 17.7 Å². The fourth-order valence-electron chi connectivity index (χ4n) is 3.03. The van der Waals surface area contributed by atoms with Gasteiger partial charge in [0.2, 0.25) is 0 Å². The van der Waals surface area contributed by atoms with Crippen molar-refractivity contribution in [1.29, 1.82) is 0 Å². The molecule has 0 amide bonds. The predicted molar refractivity (Wildman–Crippen MR) is 105 cm³/mol. The second-order valence-corrected chi connectivity index (χ2v) is 7.67. The van der Waals surface area contributed by atoms with Crippen molar-refractivity contribution < 1.29 is 19.1 Å². The van der Waals surface area contributed by atoms with Crippen LogP contribution in [0.15, 0.2) is 30.7 Å². The molecule has 3 aromatic rings. The lowest BCUT2D eigenvalue weighted by Gasteiger charge is -2.21. The first-order valence-corrected chi connectivity index (χ1v) is 8.89. The number of nitrogens with zero attached hydrogens (tertiary/aromatic N) is 3. The highest BCUT2D eigenvalue weighted by atomic mass is 16.5. The largest absolute Gasteiger partial charge is 0.426 e. The molecule has 7 nitrogen and oxygen atoms in total. The van der Waals surface area contributed by atoms with E-state index in [0.717, 1.165) is 5.56 Å². The van der Waals surface area contributed by atoms with Gasteiger partial charge in [0.05, 0.1) is 11.1 Å². The minimum atomic E-state index is -0.439. The third kappa shape index (κ3) is 3.74. The van der Waals surface area contributed by atoms with E-state index in [0.29, 0.717) is 33.8 Å². The molecule has 3 rings (SSSR count). The predicted octanol–water partition coefficient (Wildman–Crippen LogP) is 3.78. The van der Waals surface area contributed by atoms with Crippen LogP contribution in [0.3, 0.4) is 0 Å². The molecule has 0 aliphatic rings. The number of ether oxygens (including phenoxy) is 2. The third-order valence-corrected chi connectivity index (χ3v) is 4.33. The topological polar surface area (TPSA) is 83.3 Å². The van der Waals surface area contributed by atoms with E-state index in [1.807, 2.05) is 25.2 Å². The molecule has 0 spiro atoms. The number of benzene rings is 1. The summed E-state index contributed by atoms with van der Waals surface area (Å²) in [6.07, 6.45) is 3.11. The molecule has 146 valence electrons. The van der Waals surface area contributed by atoms with Crippen molar-refractivity contribution in [3.63, 3.8) is 0 Å². The number of hydrogen-bond donors (Lipinski definition) is 0. The highest BCUT2D eigenvalue weighted by molar-refractivity contribution is 5.99. The summed E-state index contributed by atoms with van der Waals surface area (Å²) in [5.41, 5.74) is 2.65. The lowest BCUT2D eigenvalue weighted by molar-refractivity contribution is -0.132. The molecule has 0 fully saturated rings. The summed E-state index contributed by atoms with van der Waals surface area (Å²) in [7, 11) is 1.81. The van der Waals surface area contributed by atoms with Crippen LogP contribution in [0.5, 0.6) is 11.5 Å².